The van der Waals surface area contributed by atoms with Gasteiger partial charge in [0.2, 0.25) is 0 Å². The Morgan fingerprint density at radius 3 is 2.72 bits per heavy atom. The maximum absolute atomic E-state index is 6.23. The van der Waals surface area contributed by atoms with Crippen molar-refractivity contribution in [1.29, 1.82) is 0 Å². The predicted molar refractivity (Wildman–Crippen MR) is 84.0 cm³/mol. The largest absolute Gasteiger partial charge is 0.306 e. The van der Waals surface area contributed by atoms with E-state index in [9.17, 15) is 0 Å². The molecule has 5 heteroatoms. The van der Waals surface area contributed by atoms with Crippen LogP contribution < -0.4 is 5.32 Å². The fourth-order valence-corrected chi connectivity index (χ4v) is 3.71. The molecule has 1 atom stereocenters. The number of hydrogen-bond acceptors (Lipinski definition) is 2. The van der Waals surface area contributed by atoms with Crippen LogP contribution in [0, 0.1) is 0 Å². The Morgan fingerprint density at radius 2 is 2.11 bits per heavy atom. The Morgan fingerprint density at radius 1 is 1.33 bits per heavy atom. The van der Waals surface area contributed by atoms with Gasteiger partial charge in [-0.2, -0.15) is 0 Å². The minimum Gasteiger partial charge on any atom is -0.306 e. The summed E-state index contributed by atoms with van der Waals surface area (Å²) in [4.78, 5) is 1.11. The zero-order valence-corrected chi connectivity index (χ0v) is 13.6. The zero-order valence-electron chi connectivity index (χ0n) is 9.71. The summed E-state index contributed by atoms with van der Waals surface area (Å²) in [6.45, 7) is 2.94. The Kier molecular flexibility index (Phi) is 5.10. The van der Waals surface area contributed by atoms with Crippen LogP contribution in [0.25, 0.3) is 0 Å². The molecular weight excluding hydrogens is 353 g/mol. The van der Waals surface area contributed by atoms with E-state index in [0.717, 1.165) is 31.5 Å². The third-order valence-corrected chi connectivity index (χ3v) is 4.96. The van der Waals surface area contributed by atoms with Gasteiger partial charge in [0.05, 0.1) is 11.1 Å². The first-order valence-corrected chi connectivity index (χ1v) is 7.97. The van der Waals surface area contributed by atoms with E-state index in [1.54, 1.807) is 11.3 Å². The lowest BCUT2D eigenvalue weighted by atomic mass is 10.1. The van der Waals surface area contributed by atoms with Crippen molar-refractivity contribution < 1.29 is 0 Å². The van der Waals surface area contributed by atoms with Crippen molar-refractivity contribution >= 4 is 50.5 Å². The first-order valence-electron chi connectivity index (χ1n) is 5.54. The van der Waals surface area contributed by atoms with E-state index in [4.69, 9.17) is 23.2 Å². The molecule has 1 aromatic heterocycles. The SMILES string of the molecule is CCNC(c1cc(Cl)ccc1Br)c1sccc1Cl. The van der Waals surface area contributed by atoms with Crippen LogP contribution in [0.3, 0.4) is 0 Å². The maximum Gasteiger partial charge on any atom is 0.0697 e. The standard InChI is InChI=1S/C13H12BrCl2NS/c1-2-17-12(13-11(16)5-6-18-13)9-7-8(15)3-4-10(9)14/h3-7,12,17H,2H2,1H3. The van der Waals surface area contributed by atoms with Crippen molar-refractivity contribution in [3.63, 3.8) is 0 Å². The number of halogens is 3. The monoisotopic (exact) mass is 363 g/mol. The van der Waals surface area contributed by atoms with Gasteiger partial charge in [-0.3, -0.25) is 0 Å². The molecule has 1 heterocycles. The van der Waals surface area contributed by atoms with E-state index in [2.05, 4.69) is 28.2 Å². The van der Waals surface area contributed by atoms with Gasteiger partial charge in [0.25, 0.3) is 0 Å². The number of hydrogen-bond donors (Lipinski definition) is 1. The highest BCUT2D eigenvalue weighted by Crippen LogP contribution is 2.36. The fourth-order valence-electron chi connectivity index (χ4n) is 1.80. The molecule has 1 unspecified atom stereocenters. The van der Waals surface area contributed by atoms with Crippen LogP contribution in [0.2, 0.25) is 10.0 Å². The van der Waals surface area contributed by atoms with Crippen molar-refractivity contribution in [1.82, 2.24) is 5.32 Å². The molecule has 0 aliphatic heterocycles. The molecule has 1 N–H and O–H groups in total. The summed E-state index contributed by atoms with van der Waals surface area (Å²) in [5.74, 6) is 0. The Labute approximate surface area is 129 Å². The summed E-state index contributed by atoms with van der Waals surface area (Å²) in [6.07, 6.45) is 0. The molecule has 0 radical (unpaired) electrons. The minimum atomic E-state index is 0.0653. The summed E-state index contributed by atoms with van der Waals surface area (Å²) < 4.78 is 1.03. The second-order valence-electron chi connectivity index (χ2n) is 3.79. The normalized spacial score (nSPS) is 12.7. The molecule has 0 spiro atoms. The van der Waals surface area contributed by atoms with Crippen LogP contribution in [-0.4, -0.2) is 6.54 Å². The molecule has 0 fully saturated rings. The van der Waals surface area contributed by atoms with Crippen LogP contribution in [0.4, 0.5) is 0 Å². The summed E-state index contributed by atoms with van der Waals surface area (Å²) in [6, 6.07) is 7.78. The van der Waals surface area contributed by atoms with Gasteiger partial charge in [0.1, 0.15) is 0 Å². The van der Waals surface area contributed by atoms with Crippen molar-refractivity contribution in [3.8, 4) is 0 Å². The van der Waals surface area contributed by atoms with Gasteiger partial charge < -0.3 is 5.32 Å². The fraction of sp³-hybridized carbons (Fsp3) is 0.231. The summed E-state index contributed by atoms with van der Waals surface area (Å²) >= 11 is 17.5. The molecule has 96 valence electrons. The van der Waals surface area contributed by atoms with Gasteiger partial charge in [-0.05, 0) is 41.8 Å². The lowest BCUT2D eigenvalue weighted by molar-refractivity contribution is 0.638. The van der Waals surface area contributed by atoms with E-state index < -0.39 is 0 Å². The van der Waals surface area contributed by atoms with Crippen LogP contribution >= 0.6 is 50.5 Å². The second-order valence-corrected chi connectivity index (χ2v) is 6.43. The van der Waals surface area contributed by atoms with E-state index in [1.807, 2.05) is 29.6 Å². The highest BCUT2D eigenvalue weighted by molar-refractivity contribution is 9.10. The minimum absolute atomic E-state index is 0.0653. The third kappa shape index (κ3) is 3.09. The molecule has 0 bridgehead atoms. The zero-order chi connectivity index (χ0) is 13.1. The molecule has 18 heavy (non-hydrogen) atoms. The van der Waals surface area contributed by atoms with Gasteiger partial charge in [-0.1, -0.05) is 46.1 Å². The average Bonchev–Trinajstić information content (AvgIpc) is 2.76. The number of rotatable bonds is 4. The summed E-state index contributed by atoms with van der Waals surface area (Å²) in [5, 5.41) is 6.96. The highest BCUT2D eigenvalue weighted by atomic mass is 79.9. The molecule has 2 rings (SSSR count). The predicted octanol–water partition coefficient (Wildman–Crippen LogP) is 5.52. The van der Waals surface area contributed by atoms with Gasteiger partial charge in [0, 0.05) is 14.4 Å². The van der Waals surface area contributed by atoms with Gasteiger partial charge in [0.15, 0.2) is 0 Å². The van der Waals surface area contributed by atoms with Crippen molar-refractivity contribution in [2.24, 2.45) is 0 Å². The van der Waals surface area contributed by atoms with E-state index in [1.165, 1.54) is 0 Å². The molecule has 1 nitrogen and oxygen atoms in total. The second kappa shape index (κ2) is 6.40. The van der Waals surface area contributed by atoms with Crippen LogP contribution in [0.15, 0.2) is 34.1 Å². The third-order valence-electron chi connectivity index (χ3n) is 2.58. The van der Waals surface area contributed by atoms with E-state index in [0.29, 0.717) is 0 Å². The van der Waals surface area contributed by atoms with Crippen molar-refractivity contribution in [2.45, 2.75) is 13.0 Å². The lowest BCUT2D eigenvalue weighted by Gasteiger charge is -2.19. The average molecular weight is 365 g/mol. The molecule has 0 amide bonds. The van der Waals surface area contributed by atoms with Crippen molar-refractivity contribution in [2.75, 3.05) is 6.54 Å². The molecule has 1 aromatic carbocycles. The van der Waals surface area contributed by atoms with Crippen LogP contribution in [0.5, 0.6) is 0 Å². The highest BCUT2D eigenvalue weighted by Gasteiger charge is 2.20. The van der Waals surface area contributed by atoms with E-state index >= 15 is 0 Å². The smallest absolute Gasteiger partial charge is 0.0697 e. The Balaban J connectivity index is 2.48. The van der Waals surface area contributed by atoms with Gasteiger partial charge in [-0.25, -0.2) is 0 Å². The van der Waals surface area contributed by atoms with Gasteiger partial charge in [-0.15, -0.1) is 11.3 Å². The van der Waals surface area contributed by atoms with Crippen LogP contribution in [0.1, 0.15) is 23.4 Å². The topological polar surface area (TPSA) is 12.0 Å². The summed E-state index contributed by atoms with van der Waals surface area (Å²) in [7, 11) is 0. The Hall–Kier alpha value is -0.0600. The lowest BCUT2D eigenvalue weighted by Crippen LogP contribution is -2.21. The number of benzene rings is 1. The molecule has 0 saturated carbocycles. The van der Waals surface area contributed by atoms with E-state index in [-0.39, 0.29) is 6.04 Å². The first kappa shape index (κ1) is 14.4. The number of thiophene rings is 1. The quantitative estimate of drug-likeness (QED) is 0.753. The maximum atomic E-state index is 6.23. The molecule has 0 aliphatic carbocycles. The van der Waals surface area contributed by atoms with Crippen molar-refractivity contribution in [3.05, 3.63) is 54.6 Å². The molecular formula is C13H12BrCl2NS. The first-order chi connectivity index (χ1) is 8.63. The molecule has 2 aromatic rings. The number of nitrogens with one attached hydrogen (secondary N) is 1. The van der Waals surface area contributed by atoms with Crippen LogP contribution in [-0.2, 0) is 0 Å². The molecule has 0 saturated heterocycles. The Bertz CT molecular complexity index is 542. The molecule has 0 aliphatic rings. The summed E-state index contributed by atoms with van der Waals surface area (Å²) in [5.41, 5.74) is 1.11. The van der Waals surface area contributed by atoms with Gasteiger partial charge >= 0.3 is 0 Å².